The van der Waals surface area contributed by atoms with Crippen LogP contribution < -0.4 is 5.32 Å². The van der Waals surface area contributed by atoms with Crippen molar-refractivity contribution in [3.05, 3.63) is 18.0 Å². The van der Waals surface area contributed by atoms with E-state index in [2.05, 4.69) is 10.4 Å². The van der Waals surface area contributed by atoms with Crippen molar-refractivity contribution in [3.63, 3.8) is 0 Å². The lowest BCUT2D eigenvalue weighted by Crippen LogP contribution is -2.54. The molecular formula is C18H29N5O2. The number of amides is 2. The summed E-state index contributed by atoms with van der Waals surface area (Å²) in [5.41, 5.74) is 0.750. The highest BCUT2D eigenvalue weighted by Crippen LogP contribution is 2.30. The molecule has 2 amide bonds. The number of nitrogens with zero attached hydrogens (tertiary/aromatic N) is 4. The number of carbonyl (C=O) groups excluding carboxylic acids is 2. The highest BCUT2D eigenvalue weighted by molar-refractivity contribution is 5.83. The van der Waals surface area contributed by atoms with E-state index in [1.807, 2.05) is 50.0 Å². The van der Waals surface area contributed by atoms with E-state index < -0.39 is 0 Å². The molecule has 3 rings (SSSR count). The molecule has 0 aliphatic carbocycles. The van der Waals surface area contributed by atoms with Gasteiger partial charge in [-0.15, -0.1) is 0 Å². The van der Waals surface area contributed by atoms with Crippen LogP contribution in [0.15, 0.2) is 12.4 Å². The minimum Gasteiger partial charge on any atom is -0.339 e. The Labute approximate surface area is 149 Å². The third-order valence-corrected chi connectivity index (χ3v) is 5.20. The van der Waals surface area contributed by atoms with Crippen LogP contribution in [0.5, 0.6) is 0 Å². The predicted octanol–water partition coefficient (Wildman–Crippen LogP) is 0.440. The van der Waals surface area contributed by atoms with Gasteiger partial charge < -0.3 is 15.1 Å². The highest BCUT2D eigenvalue weighted by atomic mass is 16.2. The minimum atomic E-state index is -0.368. The number of hydrogen-bond acceptors (Lipinski definition) is 4. The van der Waals surface area contributed by atoms with Crippen LogP contribution in [0.4, 0.5) is 0 Å². The van der Waals surface area contributed by atoms with Crippen molar-refractivity contribution in [2.24, 2.45) is 18.4 Å². The van der Waals surface area contributed by atoms with Gasteiger partial charge >= 0.3 is 0 Å². The number of aromatic nitrogens is 2. The Morgan fingerprint density at radius 3 is 2.32 bits per heavy atom. The van der Waals surface area contributed by atoms with E-state index in [1.165, 1.54) is 0 Å². The molecule has 0 unspecified atom stereocenters. The summed E-state index contributed by atoms with van der Waals surface area (Å²) in [6, 6.07) is 0. The lowest BCUT2D eigenvalue weighted by molar-refractivity contribution is -0.146. The normalized spacial score (nSPS) is 24.6. The first kappa shape index (κ1) is 17.9. The van der Waals surface area contributed by atoms with Crippen molar-refractivity contribution in [2.75, 3.05) is 39.3 Å². The summed E-state index contributed by atoms with van der Waals surface area (Å²) in [6.45, 7) is 9.83. The summed E-state index contributed by atoms with van der Waals surface area (Å²) in [7, 11) is 1.90. The Balaban J connectivity index is 1.61. The van der Waals surface area contributed by atoms with Crippen molar-refractivity contribution in [1.29, 1.82) is 0 Å². The van der Waals surface area contributed by atoms with Crippen molar-refractivity contribution >= 4 is 11.8 Å². The van der Waals surface area contributed by atoms with Crippen LogP contribution in [0.3, 0.4) is 0 Å². The lowest BCUT2D eigenvalue weighted by atomic mass is 9.89. The molecule has 0 spiro atoms. The standard InChI is InChI=1S/C18H29N5O2/c1-18(2,3)17(25)23-7-5-22(6-8-23)16(24)15-11-19-10-14(15)13-9-20-21(4)12-13/h9,12,14-15,19H,5-8,10-11H2,1-4H3/t14-,15+/m1/s1. The molecule has 1 aromatic heterocycles. The molecule has 7 nitrogen and oxygen atoms in total. The quantitative estimate of drug-likeness (QED) is 0.843. The summed E-state index contributed by atoms with van der Waals surface area (Å²) in [5, 5.41) is 7.59. The van der Waals surface area contributed by atoms with E-state index in [4.69, 9.17) is 0 Å². The molecule has 2 fully saturated rings. The zero-order valence-electron chi connectivity index (χ0n) is 15.7. The third kappa shape index (κ3) is 3.71. The van der Waals surface area contributed by atoms with Crippen LogP contribution in [-0.2, 0) is 16.6 Å². The van der Waals surface area contributed by atoms with Gasteiger partial charge in [0.05, 0.1) is 12.1 Å². The van der Waals surface area contributed by atoms with Gasteiger partial charge in [-0.3, -0.25) is 14.3 Å². The Kier molecular flexibility index (Phi) is 4.86. The fraction of sp³-hybridized carbons (Fsp3) is 0.722. The van der Waals surface area contributed by atoms with Crippen molar-refractivity contribution < 1.29 is 9.59 Å². The van der Waals surface area contributed by atoms with Gasteiger partial charge in [-0.1, -0.05) is 20.8 Å². The van der Waals surface area contributed by atoms with Crippen LogP contribution in [0.1, 0.15) is 32.3 Å². The Hall–Kier alpha value is -1.89. The van der Waals surface area contributed by atoms with Gasteiger partial charge in [0.2, 0.25) is 11.8 Å². The van der Waals surface area contributed by atoms with Crippen LogP contribution in [0.2, 0.25) is 0 Å². The fourth-order valence-electron chi connectivity index (χ4n) is 3.76. The highest BCUT2D eigenvalue weighted by Gasteiger charge is 2.38. The number of aryl methyl sites for hydroxylation is 1. The maximum atomic E-state index is 13.0. The first-order valence-corrected chi connectivity index (χ1v) is 9.05. The van der Waals surface area contributed by atoms with Gasteiger partial charge in [0.25, 0.3) is 0 Å². The summed E-state index contributed by atoms with van der Waals surface area (Å²) < 4.78 is 1.78. The van der Waals surface area contributed by atoms with E-state index in [0.717, 1.165) is 12.1 Å². The summed E-state index contributed by atoms with van der Waals surface area (Å²) in [6.07, 6.45) is 3.86. The largest absolute Gasteiger partial charge is 0.339 e. The number of rotatable bonds is 2. The summed E-state index contributed by atoms with van der Waals surface area (Å²) >= 11 is 0. The van der Waals surface area contributed by atoms with Crippen LogP contribution >= 0.6 is 0 Å². The van der Waals surface area contributed by atoms with E-state index in [0.29, 0.717) is 32.7 Å². The molecule has 2 atom stereocenters. The molecular weight excluding hydrogens is 318 g/mol. The van der Waals surface area contributed by atoms with Crippen molar-refractivity contribution in [2.45, 2.75) is 26.7 Å². The van der Waals surface area contributed by atoms with E-state index >= 15 is 0 Å². The molecule has 2 saturated heterocycles. The average Bonchev–Trinajstić information content (AvgIpc) is 3.21. The van der Waals surface area contributed by atoms with Gasteiger partial charge in [0.15, 0.2) is 0 Å². The number of carbonyl (C=O) groups is 2. The smallest absolute Gasteiger partial charge is 0.228 e. The van der Waals surface area contributed by atoms with Gasteiger partial charge in [-0.25, -0.2) is 0 Å². The molecule has 0 bridgehead atoms. The molecule has 0 aromatic carbocycles. The molecule has 25 heavy (non-hydrogen) atoms. The molecule has 3 heterocycles. The topological polar surface area (TPSA) is 70.5 Å². The second-order valence-corrected chi connectivity index (χ2v) is 8.19. The lowest BCUT2D eigenvalue weighted by Gasteiger charge is -2.38. The molecule has 2 aliphatic heterocycles. The first-order valence-electron chi connectivity index (χ1n) is 9.05. The van der Waals surface area contributed by atoms with Gasteiger partial charge in [0.1, 0.15) is 0 Å². The average molecular weight is 347 g/mol. The molecule has 2 aliphatic rings. The van der Waals surface area contributed by atoms with Crippen LogP contribution in [0.25, 0.3) is 0 Å². The van der Waals surface area contributed by atoms with Crippen molar-refractivity contribution in [1.82, 2.24) is 24.9 Å². The Morgan fingerprint density at radius 2 is 1.76 bits per heavy atom. The fourth-order valence-corrected chi connectivity index (χ4v) is 3.76. The van der Waals surface area contributed by atoms with Crippen LogP contribution in [0, 0.1) is 11.3 Å². The van der Waals surface area contributed by atoms with Gasteiger partial charge in [0, 0.05) is 63.8 Å². The molecule has 138 valence electrons. The molecule has 7 heteroatoms. The first-order chi connectivity index (χ1) is 11.8. The predicted molar refractivity (Wildman–Crippen MR) is 94.9 cm³/mol. The zero-order chi connectivity index (χ0) is 18.2. The maximum Gasteiger partial charge on any atom is 0.228 e. The summed E-state index contributed by atoms with van der Waals surface area (Å²) in [4.78, 5) is 29.2. The van der Waals surface area contributed by atoms with Gasteiger partial charge in [-0.05, 0) is 5.56 Å². The SMILES string of the molecule is Cn1cc([C@H]2CNC[C@@H]2C(=O)N2CCN(C(=O)C(C)(C)C)CC2)cn1. The molecule has 0 radical (unpaired) electrons. The number of piperazine rings is 1. The second kappa shape index (κ2) is 6.78. The second-order valence-electron chi connectivity index (χ2n) is 8.19. The van der Waals surface area contributed by atoms with Gasteiger partial charge in [-0.2, -0.15) is 5.10 Å². The van der Waals surface area contributed by atoms with E-state index in [1.54, 1.807) is 4.68 Å². The van der Waals surface area contributed by atoms with Crippen molar-refractivity contribution in [3.8, 4) is 0 Å². The third-order valence-electron chi connectivity index (χ3n) is 5.20. The molecule has 1 N–H and O–H groups in total. The van der Waals surface area contributed by atoms with Crippen LogP contribution in [-0.4, -0.2) is 70.7 Å². The number of hydrogen-bond donors (Lipinski definition) is 1. The summed E-state index contributed by atoms with van der Waals surface area (Å²) in [5.74, 6) is 0.488. The van der Waals surface area contributed by atoms with E-state index in [9.17, 15) is 9.59 Å². The Bertz CT molecular complexity index is 640. The number of nitrogens with one attached hydrogen (secondary N) is 1. The molecule has 0 saturated carbocycles. The maximum absolute atomic E-state index is 13.0. The minimum absolute atomic E-state index is 0.0472. The zero-order valence-corrected chi connectivity index (χ0v) is 15.7. The Morgan fingerprint density at radius 1 is 1.12 bits per heavy atom. The van der Waals surface area contributed by atoms with E-state index in [-0.39, 0.29) is 29.1 Å². The molecule has 1 aromatic rings. The monoisotopic (exact) mass is 347 g/mol.